The average Bonchev–Trinajstić information content (AvgIpc) is 2.81. The van der Waals surface area contributed by atoms with Gasteiger partial charge in [0.05, 0.1) is 0 Å². The van der Waals surface area contributed by atoms with Crippen LogP contribution >= 0.6 is 0 Å². The van der Waals surface area contributed by atoms with Gasteiger partial charge in [-0.3, -0.25) is 4.79 Å². The highest BCUT2D eigenvalue weighted by atomic mass is 19.4. The number of nitrogens with zero attached hydrogens (tertiary/aromatic N) is 1. The molecule has 0 atom stereocenters. The highest BCUT2D eigenvalue weighted by molar-refractivity contribution is 6.06. The van der Waals surface area contributed by atoms with E-state index < -0.39 is 24.7 Å². The Morgan fingerprint density at radius 1 is 1.30 bits per heavy atom. The Morgan fingerprint density at radius 2 is 2.00 bits per heavy atom. The summed E-state index contributed by atoms with van der Waals surface area (Å²) in [7, 11) is 0. The zero-order valence-electron chi connectivity index (χ0n) is 11.2. The number of carbonyl (C=O) groups is 1. The molecule has 1 N–H and O–H groups in total. The van der Waals surface area contributed by atoms with Gasteiger partial charge in [-0.05, 0) is 32.0 Å². The zero-order valence-corrected chi connectivity index (χ0v) is 11.2. The van der Waals surface area contributed by atoms with Crippen molar-refractivity contribution in [3.8, 4) is 0 Å². The number of aromatic nitrogens is 1. The van der Waals surface area contributed by atoms with Crippen molar-refractivity contribution in [2.24, 2.45) is 0 Å². The summed E-state index contributed by atoms with van der Waals surface area (Å²) in [5.74, 6) is -0.609. The Bertz CT molecular complexity index is 616. The van der Waals surface area contributed by atoms with Crippen LogP contribution in [0.5, 0.6) is 0 Å². The van der Waals surface area contributed by atoms with Crippen LogP contribution in [0.3, 0.4) is 0 Å². The summed E-state index contributed by atoms with van der Waals surface area (Å²) in [6.45, 7) is 1.89. The minimum absolute atomic E-state index is 0.279. The van der Waals surface area contributed by atoms with E-state index in [2.05, 4.69) is 4.98 Å². The molecule has 0 unspecified atom stereocenters. The van der Waals surface area contributed by atoms with Crippen molar-refractivity contribution in [3.05, 3.63) is 36.0 Å². The summed E-state index contributed by atoms with van der Waals surface area (Å²) in [5, 5.41) is 0.630. The van der Waals surface area contributed by atoms with E-state index in [9.17, 15) is 18.0 Å². The van der Waals surface area contributed by atoms with Crippen LogP contribution in [0.4, 0.5) is 13.2 Å². The number of hydrogen-bond donors (Lipinski definition) is 1. The van der Waals surface area contributed by atoms with Gasteiger partial charge < -0.3 is 9.88 Å². The Balaban J connectivity index is 2.39. The van der Waals surface area contributed by atoms with E-state index in [1.54, 1.807) is 44.3 Å². The van der Waals surface area contributed by atoms with E-state index >= 15 is 0 Å². The van der Waals surface area contributed by atoms with Gasteiger partial charge in [-0.25, -0.2) is 0 Å². The molecule has 0 fully saturated rings. The summed E-state index contributed by atoms with van der Waals surface area (Å²) in [4.78, 5) is 16.2. The minimum Gasteiger partial charge on any atom is -0.361 e. The first-order chi connectivity index (χ1) is 9.29. The van der Waals surface area contributed by atoms with Crippen molar-refractivity contribution >= 4 is 16.8 Å². The van der Waals surface area contributed by atoms with Gasteiger partial charge in [-0.15, -0.1) is 0 Å². The van der Waals surface area contributed by atoms with Gasteiger partial charge in [0.2, 0.25) is 0 Å². The fourth-order valence-corrected chi connectivity index (χ4v) is 2.11. The number of amides is 1. The SMILES string of the molecule is CC(C)N(CC(F)(F)F)C(=O)c1cccc2[nH]ccc12. The lowest BCUT2D eigenvalue weighted by molar-refractivity contribution is -0.143. The number of nitrogens with one attached hydrogen (secondary N) is 1. The molecular formula is C14H15F3N2O. The van der Waals surface area contributed by atoms with Crippen molar-refractivity contribution < 1.29 is 18.0 Å². The lowest BCUT2D eigenvalue weighted by Gasteiger charge is -2.28. The molecule has 1 heterocycles. The fourth-order valence-electron chi connectivity index (χ4n) is 2.11. The van der Waals surface area contributed by atoms with Crippen molar-refractivity contribution in [1.29, 1.82) is 0 Å². The minimum atomic E-state index is -4.41. The number of carbonyl (C=O) groups excluding carboxylic acids is 1. The van der Waals surface area contributed by atoms with E-state index in [4.69, 9.17) is 0 Å². The third-order valence-corrected chi connectivity index (χ3v) is 3.06. The summed E-state index contributed by atoms with van der Waals surface area (Å²) in [5.41, 5.74) is 1.01. The van der Waals surface area contributed by atoms with Crippen LogP contribution in [0.1, 0.15) is 24.2 Å². The van der Waals surface area contributed by atoms with Crippen molar-refractivity contribution in [2.75, 3.05) is 6.54 Å². The van der Waals surface area contributed by atoms with Crippen LogP contribution in [-0.2, 0) is 0 Å². The van der Waals surface area contributed by atoms with E-state index in [1.165, 1.54) is 0 Å². The van der Waals surface area contributed by atoms with Crippen molar-refractivity contribution in [2.45, 2.75) is 26.1 Å². The predicted molar refractivity (Wildman–Crippen MR) is 70.5 cm³/mol. The van der Waals surface area contributed by atoms with Gasteiger partial charge in [0.15, 0.2) is 0 Å². The lowest BCUT2D eigenvalue weighted by Crippen LogP contribution is -2.43. The molecule has 0 saturated heterocycles. The van der Waals surface area contributed by atoms with Crippen LogP contribution in [0.2, 0.25) is 0 Å². The maximum absolute atomic E-state index is 12.6. The summed E-state index contributed by atoms with van der Waals surface area (Å²) in [6.07, 6.45) is -2.75. The fraction of sp³-hybridized carbons (Fsp3) is 0.357. The van der Waals surface area contributed by atoms with Crippen LogP contribution in [0.25, 0.3) is 10.9 Å². The molecule has 0 spiro atoms. The zero-order chi connectivity index (χ0) is 14.9. The second-order valence-electron chi connectivity index (χ2n) is 4.89. The van der Waals surface area contributed by atoms with Crippen LogP contribution in [-0.4, -0.2) is 34.6 Å². The number of halogens is 3. The monoisotopic (exact) mass is 284 g/mol. The Hall–Kier alpha value is -1.98. The average molecular weight is 284 g/mol. The van der Waals surface area contributed by atoms with E-state index in [0.717, 1.165) is 10.4 Å². The second kappa shape index (κ2) is 5.19. The van der Waals surface area contributed by atoms with Gasteiger partial charge in [0.1, 0.15) is 6.54 Å². The maximum atomic E-state index is 12.6. The van der Waals surface area contributed by atoms with Crippen LogP contribution < -0.4 is 0 Å². The second-order valence-corrected chi connectivity index (χ2v) is 4.89. The van der Waals surface area contributed by atoms with Gasteiger partial charge >= 0.3 is 6.18 Å². The van der Waals surface area contributed by atoms with Gasteiger partial charge in [-0.1, -0.05) is 6.07 Å². The first kappa shape index (κ1) is 14.4. The molecule has 2 rings (SSSR count). The molecule has 0 aliphatic carbocycles. The molecule has 0 bridgehead atoms. The lowest BCUT2D eigenvalue weighted by atomic mass is 10.1. The van der Waals surface area contributed by atoms with E-state index in [0.29, 0.717) is 5.39 Å². The normalized spacial score (nSPS) is 12.1. The predicted octanol–water partition coefficient (Wildman–Crippen LogP) is 3.58. The quantitative estimate of drug-likeness (QED) is 0.918. The first-order valence-corrected chi connectivity index (χ1v) is 6.23. The molecular weight excluding hydrogens is 269 g/mol. The molecule has 0 saturated carbocycles. The smallest absolute Gasteiger partial charge is 0.361 e. The number of benzene rings is 1. The number of rotatable bonds is 3. The third kappa shape index (κ3) is 2.95. The Labute approximate surface area is 114 Å². The third-order valence-electron chi connectivity index (χ3n) is 3.06. The molecule has 2 aromatic rings. The summed E-state index contributed by atoms with van der Waals surface area (Å²) in [6, 6.07) is 6.13. The van der Waals surface area contributed by atoms with Crippen LogP contribution in [0, 0.1) is 0 Å². The summed E-state index contributed by atoms with van der Waals surface area (Å²) >= 11 is 0. The van der Waals surface area contributed by atoms with Gasteiger partial charge in [-0.2, -0.15) is 13.2 Å². The largest absolute Gasteiger partial charge is 0.406 e. The van der Waals surface area contributed by atoms with Gasteiger partial charge in [0.25, 0.3) is 5.91 Å². The highest BCUT2D eigenvalue weighted by Crippen LogP contribution is 2.23. The standard InChI is InChI=1S/C14H15F3N2O/c1-9(2)19(8-14(15,16)17)13(20)11-4-3-5-12-10(11)6-7-18-12/h3-7,9,18H,8H2,1-2H3. The molecule has 0 aliphatic heterocycles. The number of hydrogen-bond acceptors (Lipinski definition) is 1. The Kier molecular flexibility index (Phi) is 3.74. The van der Waals surface area contributed by atoms with Gasteiger partial charge in [0, 0.05) is 28.7 Å². The number of aromatic amines is 1. The number of alkyl halides is 3. The summed E-state index contributed by atoms with van der Waals surface area (Å²) < 4.78 is 37.8. The first-order valence-electron chi connectivity index (χ1n) is 6.23. The van der Waals surface area contributed by atoms with Crippen molar-refractivity contribution in [1.82, 2.24) is 9.88 Å². The van der Waals surface area contributed by atoms with Crippen LogP contribution in [0.15, 0.2) is 30.5 Å². The molecule has 0 radical (unpaired) electrons. The topological polar surface area (TPSA) is 36.1 Å². The molecule has 1 aromatic carbocycles. The van der Waals surface area contributed by atoms with E-state index in [1.807, 2.05) is 0 Å². The molecule has 1 aromatic heterocycles. The number of fused-ring (bicyclic) bond motifs is 1. The highest BCUT2D eigenvalue weighted by Gasteiger charge is 2.34. The molecule has 1 amide bonds. The van der Waals surface area contributed by atoms with Crippen molar-refractivity contribution in [3.63, 3.8) is 0 Å². The maximum Gasteiger partial charge on any atom is 0.406 e. The molecule has 6 heteroatoms. The molecule has 3 nitrogen and oxygen atoms in total. The molecule has 20 heavy (non-hydrogen) atoms. The van der Waals surface area contributed by atoms with E-state index in [-0.39, 0.29) is 5.56 Å². The molecule has 108 valence electrons. The number of H-pyrrole nitrogens is 1. The Morgan fingerprint density at radius 3 is 2.60 bits per heavy atom. The molecule has 0 aliphatic rings.